The molecule has 0 aliphatic carbocycles. The molecule has 0 atom stereocenters. The molecule has 0 unspecified atom stereocenters. The molecule has 0 saturated heterocycles. The van der Waals surface area contributed by atoms with Crippen LogP contribution < -0.4 is 15.0 Å². The van der Waals surface area contributed by atoms with Gasteiger partial charge in [-0.25, -0.2) is 4.79 Å². The van der Waals surface area contributed by atoms with Gasteiger partial charge in [-0.2, -0.15) is 0 Å². The van der Waals surface area contributed by atoms with Gasteiger partial charge in [0.05, 0.1) is 25.5 Å². The van der Waals surface area contributed by atoms with Crippen LogP contribution in [-0.4, -0.2) is 35.5 Å². The highest BCUT2D eigenvalue weighted by atomic mass is 16.5. The van der Waals surface area contributed by atoms with Crippen molar-refractivity contribution in [1.82, 2.24) is 10.2 Å². The lowest BCUT2D eigenvalue weighted by molar-refractivity contribution is 0.0697. The quantitative estimate of drug-likeness (QED) is 0.573. The molecule has 0 fully saturated rings. The number of nitrogens with one attached hydrogen (secondary N) is 2. The lowest BCUT2D eigenvalue weighted by atomic mass is 10.1. The van der Waals surface area contributed by atoms with E-state index in [0.717, 1.165) is 0 Å². The summed E-state index contributed by atoms with van der Waals surface area (Å²) in [7, 11) is 3.03. The standard InChI is InChI=1S/C18H16N4O5/c1-26-13-8-7-10(9-14(13)27-2)15-16(17(23)22-20-15)21-19-12-6-4-3-5-11(12)18(24)25/h3-9H,1-2H3,(H,24,25)(H2,20,22,23). The minimum absolute atomic E-state index is 0.0131. The maximum absolute atomic E-state index is 12.1. The minimum Gasteiger partial charge on any atom is -0.493 e. The molecular formula is C18H16N4O5. The summed E-state index contributed by atoms with van der Waals surface area (Å²) in [6.45, 7) is 0. The van der Waals surface area contributed by atoms with Crippen molar-refractivity contribution in [2.75, 3.05) is 14.2 Å². The van der Waals surface area contributed by atoms with Gasteiger partial charge in [-0.3, -0.25) is 15.0 Å². The molecule has 9 nitrogen and oxygen atoms in total. The van der Waals surface area contributed by atoms with Gasteiger partial charge < -0.3 is 14.6 Å². The van der Waals surface area contributed by atoms with Crippen molar-refractivity contribution in [2.45, 2.75) is 0 Å². The second-order valence-corrected chi connectivity index (χ2v) is 5.39. The van der Waals surface area contributed by atoms with E-state index in [1.165, 1.54) is 26.4 Å². The van der Waals surface area contributed by atoms with Crippen LogP contribution in [0.25, 0.3) is 11.3 Å². The first kappa shape index (κ1) is 17.9. The molecule has 3 aromatic rings. The van der Waals surface area contributed by atoms with Crippen molar-refractivity contribution >= 4 is 17.3 Å². The number of ether oxygens (including phenoxy) is 2. The van der Waals surface area contributed by atoms with Crippen LogP contribution in [0.15, 0.2) is 57.5 Å². The molecule has 2 aromatic carbocycles. The summed E-state index contributed by atoms with van der Waals surface area (Å²) in [6.07, 6.45) is 0. The Balaban J connectivity index is 2.04. The topological polar surface area (TPSA) is 129 Å². The summed E-state index contributed by atoms with van der Waals surface area (Å²) in [5, 5.41) is 22.3. The molecule has 0 aliphatic heterocycles. The number of aromatic amines is 2. The highest BCUT2D eigenvalue weighted by Gasteiger charge is 2.15. The molecule has 138 valence electrons. The molecule has 1 heterocycles. The number of carbonyl (C=O) groups is 1. The number of carboxylic acid groups (broad SMARTS) is 1. The Morgan fingerprint density at radius 2 is 1.74 bits per heavy atom. The van der Waals surface area contributed by atoms with Crippen LogP contribution in [-0.2, 0) is 0 Å². The van der Waals surface area contributed by atoms with E-state index in [9.17, 15) is 14.7 Å². The van der Waals surface area contributed by atoms with Gasteiger partial charge in [0.1, 0.15) is 5.69 Å². The van der Waals surface area contributed by atoms with E-state index in [4.69, 9.17) is 9.47 Å². The minimum atomic E-state index is -1.13. The van der Waals surface area contributed by atoms with Crippen LogP contribution in [0.4, 0.5) is 11.4 Å². The molecule has 27 heavy (non-hydrogen) atoms. The Kier molecular flexibility index (Phi) is 5.02. The second-order valence-electron chi connectivity index (χ2n) is 5.39. The summed E-state index contributed by atoms with van der Waals surface area (Å²) in [5.41, 5.74) is 0.660. The number of hydrogen-bond donors (Lipinski definition) is 3. The maximum atomic E-state index is 12.1. The Labute approximate surface area is 153 Å². The van der Waals surface area contributed by atoms with Crippen LogP contribution >= 0.6 is 0 Å². The number of H-pyrrole nitrogens is 2. The van der Waals surface area contributed by atoms with E-state index in [1.54, 1.807) is 30.3 Å². The predicted molar refractivity (Wildman–Crippen MR) is 97.5 cm³/mol. The Hall–Kier alpha value is -3.88. The summed E-state index contributed by atoms with van der Waals surface area (Å²) >= 11 is 0. The highest BCUT2D eigenvalue weighted by molar-refractivity contribution is 5.93. The third-order valence-corrected chi connectivity index (χ3v) is 3.82. The van der Waals surface area contributed by atoms with Gasteiger partial charge >= 0.3 is 5.97 Å². The van der Waals surface area contributed by atoms with E-state index in [2.05, 4.69) is 20.4 Å². The number of methoxy groups -OCH3 is 2. The second kappa shape index (κ2) is 7.56. The zero-order valence-electron chi connectivity index (χ0n) is 14.5. The molecule has 0 saturated carbocycles. The monoisotopic (exact) mass is 368 g/mol. The number of rotatable bonds is 6. The van der Waals surface area contributed by atoms with E-state index in [1.807, 2.05) is 0 Å². The number of hydrogen-bond acceptors (Lipinski definition) is 6. The first-order chi connectivity index (χ1) is 13.0. The molecule has 0 aliphatic rings. The van der Waals surface area contributed by atoms with E-state index in [-0.39, 0.29) is 16.9 Å². The Morgan fingerprint density at radius 1 is 1.00 bits per heavy atom. The first-order valence-electron chi connectivity index (χ1n) is 7.82. The fraction of sp³-hybridized carbons (Fsp3) is 0.111. The van der Waals surface area contributed by atoms with Crippen molar-refractivity contribution in [1.29, 1.82) is 0 Å². The number of aromatic nitrogens is 2. The van der Waals surface area contributed by atoms with Crippen molar-refractivity contribution in [3.8, 4) is 22.8 Å². The van der Waals surface area contributed by atoms with Gasteiger partial charge in [0.2, 0.25) is 0 Å². The van der Waals surface area contributed by atoms with Crippen molar-refractivity contribution in [3.05, 3.63) is 58.4 Å². The fourth-order valence-electron chi connectivity index (χ4n) is 2.49. The highest BCUT2D eigenvalue weighted by Crippen LogP contribution is 2.34. The Morgan fingerprint density at radius 3 is 2.44 bits per heavy atom. The number of azo groups is 1. The lowest BCUT2D eigenvalue weighted by Crippen LogP contribution is -1.97. The van der Waals surface area contributed by atoms with Crippen molar-refractivity contribution < 1.29 is 19.4 Å². The van der Waals surface area contributed by atoms with E-state index < -0.39 is 11.5 Å². The third kappa shape index (κ3) is 3.56. The molecule has 3 N–H and O–H groups in total. The molecule has 0 spiro atoms. The molecule has 3 rings (SSSR count). The zero-order valence-corrected chi connectivity index (χ0v) is 14.5. The first-order valence-corrected chi connectivity index (χ1v) is 7.82. The number of carboxylic acids is 1. The van der Waals surface area contributed by atoms with Crippen LogP contribution in [0, 0.1) is 0 Å². The average molecular weight is 368 g/mol. The van der Waals surface area contributed by atoms with Gasteiger partial charge in [0, 0.05) is 5.56 Å². The van der Waals surface area contributed by atoms with Gasteiger partial charge in [0.25, 0.3) is 5.56 Å². The largest absolute Gasteiger partial charge is 0.493 e. The molecule has 1 aromatic heterocycles. The maximum Gasteiger partial charge on any atom is 0.337 e. The van der Waals surface area contributed by atoms with E-state index in [0.29, 0.717) is 22.8 Å². The van der Waals surface area contributed by atoms with Crippen LogP contribution in [0.1, 0.15) is 10.4 Å². The van der Waals surface area contributed by atoms with Gasteiger partial charge in [-0.1, -0.05) is 12.1 Å². The summed E-state index contributed by atoms with van der Waals surface area (Å²) in [6, 6.07) is 11.2. The number of benzene rings is 2. The number of nitrogens with zero attached hydrogens (tertiary/aromatic N) is 2. The van der Waals surface area contributed by atoms with Crippen molar-refractivity contribution in [3.63, 3.8) is 0 Å². The smallest absolute Gasteiger partial charge is 0.337 e. The summed E-state index contributed by atoms with van der Waals surface area (Å²) in [5.74, 6) is -0.110. The van der Waals surface area contributed by atoms with Gasteiger partial charge in [-0.05, 0) is 30.3 Å². The van der Waals surface area contributed by atoms with Gasteiger partial charge in [-0.15, -0.1) is 10.2 Å². The van der Waals surface area contributed by atoms with Gasteiger partial charge in [0.15, 0.2) is 17.2 Å². The Bertz CT molecular complexity index is 1070. The molecule has 0 amide bonds. The summed E-state index contributed by atoms with van der Waals surface area (Å²) < 4.78 is 10.5. The molecular weight excluding hydrogens is 352 g/mol. The van der Waals surface area contributed by atoms with Crippen LogP contribution in [0.2, 0.25) is 0 Å². The van der Waals surface area contributed by atoms with Crippen molar-refractivity contribution in [2.24, 2.45) is 10.2 Å². The normalized spacial score (nSPS) is 10.9. The van der Waals surface area contributed by atoms with E-state index >= 15 is 0 Å². The zero-order chi connectivity index (χ0) is 19.4. The lowest BCUT2D eigenvalue weighted by Gasteiger charge is -2.08. The fourth-order valence-corrected chi connectivity index (χ4v) is 2.49. The summed E-state index contributed by atoms with van der Waals surface area (Å²) in [4.78, 5) is 23.4. The molecule has 0 radical (unpaired) electrons. The molecule has 0 bridgehead atoms. The van der Waals surface area contributed by atoms with Crippen LogP contribution in [0.3, 0.4) is 0 Å². The molecule has 9 heteroatoms. The van der Waals surface area contributed by atoms with Crippen LogP contribution in [0.5, 0.6) is 11.5 Å². The average Bonchev–Trinajstić information content (AvgIpc) is 3.06. The SMILES string of the molecule is COc1ccc(-c2[nH][nH]c(=O)c2N=Nc2ccccc2C(=O)O)cc1OC. The third-order valence-electron chi connectivity index (χ3n) is 3.82. The number of aromatic carboxylic acids is 1. The predicted octanol–water partition coefficient (Wildman–Crippen LogP) is 3.50.